The van der Waals surface area contributed by atoms with Gasteiger partial charge in [0.25, 0.3) is 5.69 Å². The fourth-order valence-electron chi connectivity index (χ4n) is 2.35. The Morgan fingerprint density at radius 3 is 2.62 bits per heavy atom. The summed E-state index contributed by atoms with van der Waals surface area (Å²) >= 11 is 0. The van der Waals surface area contributed by atoms with E-state index in [1.807, 2.05) is 18.2 Å². The topological polar surface area (TPSA) is 96.5 Å². The van der Waals surface area contributed by atoms with E-state index in [1.165, 1.54) is 29.2 Å². The maximum absolute atomic E-state index is 12.2. The van der Waals surface area contributed by atoms with Gasteiger partial charge in [0, 0.05) is 23.9 Å². The predicted octanol–water partition coefficient (Wildman–Crippen LogP) is 3.15. The Balaban J connectivity index is 1.69. The van der Waals surface area contributed by atoms with Gasteiger partial charge in [0.05, 0.1) is 29.5 Å². The lowest BCUT2D eigenvalue weighted by atomic mass is 10.2. The van der Waals surface area contributed by atoms with Crippen molar-refractivity contribution >= 4 is 11.7 Å². The quantitative estimate of drug-likeness (QED) is 0.384. The van der Waals surface area contributed by atoms with Crippen LogP contribution in [0.15, 0.2) is 60.9 Å². The van der Waals surface area contributed by atoms with Gasteiger partial charge in [-0.05, 0) is 18.2 Å². The molecule has 0 aliphatic rings. The minimum Gasteiger partial charge on any atom is -0.496 e. The first-order valence-corrected chi connectivity index (χ1v) is 7.67. The standard InChI is InChI=1S/C18H15N3O5/c1-25-17-5-3-2-4-13(17)12-26-18(22)14-10-19-20(11-14)15-6-8-16(9-7-15)21(23)24/h2-11H,12H2,1H3. The van der Waals surface area contributed by atoms with E-state index in [9.17, 15) is 14.9 Å². The van der Waals surface area contributed by atoms with E-state index in [0.717, 1.165) is 5.56 Å². The smallest absolute Gasteiger partial charge is 0.341 e. The molecule has 2 aromatic carbocycles. The summed E-state index contributed by atoms with van der Waals surface area (Å²) in [5.41, 5.74) is 1.61. The summed E-state index contributed by atoms with van der Waals surface area (Å²) in [4.78, 5) is 22.4. The van der Waals surface area contributed by atoms with E-state index in [4.69, 9.17) is 9.47 Å². The highest BCUT2D eigenvalue weighted by molar-refractivity contribution is 5.88. The van der Waals surface area contributed by atoms with E-state index in [2.05, 4.69) is 5.10 Å². The number of nitrogens with zero attached hydrogens (tertiary/aromatic N) is 3. The van der Waals surface area contributed by atoms with Crippen molar-refractivity contribution in [2.75, 3.05) is 7.11 Å². The van der Waals surface area contributed by atoms with Crippen LogP contribution in [0.3, 0.4) is 0 Å². The lowest BCUT2D eigenvalue weighted by Gasteiger charge is -2.08. The highest BCUT2D eigenvalue weighted by Gasteiger charge is 2.13. The van der Waals surface area contributed by atoms with Crippen LogP contribution in [0.25, 0.3) is 5.69 Å². The highest BCUT2D eigenvalue weighted by Crippen LogP contribution is 2.19. The zero-order chi connectivity index (χ0) is 18.5. The number of aromatic nitrogens is 2. The van der Waals surface area contributed by atoms with Gasteiger partial charge in [-0.15, -0.1) is 0 Å². The van der Waals surface area contributed by atoms with Crippen LogP contribution < -0.4 is 4.74 Å². The van der Waals surface area contributed by atoms with Crippen LogP contribution in [0, 0.1) is 10.1 Å². The molecule has 1 heterocycles. The van der Waals surface area contributed by atoms with E-state index >= 15 is 0 Å². The van der Waals surface area contributed by atoms with Crippen molar-refractivity contribution in [3.63, 3.8) is 0 Å². The Morgan fingerprint density at radius 2 is 1.92 bits per heavy atom. The second-order valence-corrected chi connectivity index (χ2v) is 5.34. The fourth-order valence-corrected chi connectivity index (χ4v) is 2.35. The molecule has 8 nitrogen and oxygen atoms in total. The van der Waals surface area contributed by atoms with Crippen LogP contribution in [0.1, 0.15) is 15.9 Å². The number of hydrogen-bond acceptors (Lipinski definition) is 6. The molecule has 26 heavy (non-hydrogen) atoms. The van der Waals surface area contributed by atoms with E-state index in [-0.39, 0.29) is 17.9 Å². The number of benzene rings is 2. The van der Waals surface area contributed by atoms with Crippen molar-refractivity contribution in [3.8, 4) is 11.4 Å². The Labute approximate surface area is 148 Å². The molecule has 0 saturated carbocycles. The first-order chi connectivity index (χ1) is 12.6. The van der Waals surface area contributed by atoms with Crippen LogP contribution in [0.2, 0.25) is 0 Å². The van der Waals surface area contributed by atoms with Crippen LogP contribution in [0.5, 0.6) is 5.75 Å². The molecule has 3 aromatic rings. The number of hydrogen-bond donors (Lipinski definition) is 0. The monoisotopic (exact) mass is 353 g/mol. The minimum atomic E-state index is -0.524. The Hall–Kier alpha value is -3.68. The average molecular weight is 353 g/mol. The third-order valence-corrected chi connectivity index (χ3v) is 3.69. The van der Waals surface area contributed by atoms with Crippen LogP contribution >= 0.6 is 0 Å². The summed E-state index contributed by atoms with van der Waals surface area (Å²) in [5, 5.41) is 14.8. The molecule has 0 atom stereocenters. The van der Waals surface area contributed by atoms with Gasteiger partial charge in [0.15, 0.2) is 0 Å². The molecule has 0 unspecified atom stereocenters. The van der Waals surface area contributed by atoms with Gasteiger partial charge in [-0.3, -0.25) is 10.1 Å². The molecule has 0 amide bonds. The van der Waals surface area contributed by atoms with Gasteiger partial charge in [0.1, 0.15) is 12.4 Å². The third kappa shape index (κ3) is 3.69. The van der Waals surface area contributed by atoms with Crippen molar-refractivity contribution < 1.29 is 19.2 Å². The van der Waals surface area contributed by atoms with Crippen molar-refractivity contribution in [2.24, 2.45) is 0 Å². The van der Waals surface area contributed by atoms with E-state index in [0.29, 0.717) is 11.4 Å². The molecule has 0 saturated heterocycles. The first-order valence-electron chi connectivity index (χ1n) is 7.67. The molecule has 0 bridgehead atoms. The lowest BCUT2D eigenvalue weighted by molar-refractivity contribution is -0.384. The molecule has 0 N–H and O–H groups in total. The fraction of sp³-hybridized carbons (Fsp3) is 0.111. The Morgan fingerprint density at radius 1 is 1.19 bits per heavy atom. The number of nitro benzene ring substituents is 1. The number of carbonyl (C=O) groups excluding carboxylic acids is 1. The van der Waals surface area contributed by atoms with Gasteiger partial charge < -0.3 is 9.47 Å². The number of esters is 1. The number of methoxy groups -OCH3 is 1. The molecule has 0 radical (unpaired) electrons. The summed E-state index contributed by atoms with van der Waals surface area (Å²) in [6.07, 6.45) is 2.89. The maximum atomic E-state index is 12.2. The molecule has 0 aliphatic heterocycles. The number of ether oxygens (including phenoxy) is 2. The summed E-state index contributed by atoms with van der Waals surface area (Å²) in [5.74, 6) is 0.117. The number of para-hydroxylation sites is 1. The molecule has 0 fully saturated rings. The molecular weight excluding hydrogens is 338 g/mol. The summed E-state index contributed by atoms with van der Waals surface area (Å²) in [6.45, 7) is 0.0750. The number of carbonyl (C=O) groups is 1. The molecular formula is C18H15N3O5. The summed E-state index contributed by atoms with van der Waals surface area (Å²) < 4.78 is 12.0. The Kier molecular flexibility index (Phi) is 4.93. The molecule has 0 spiro atoms. The van der Waals surface area contributed by atoms with Crippen LogP contribution in [-0.2, 0) is 11.3 Å². The largest absolute Gasteiger partial charge is 0.496 e. The second kappa shape index (κ2) is 7.47. The van der Waals surface area contributed by atoms with Gasteiger partial charge in [-0.2, -0.15) is 5.10 Å². The van der Waals surface area contributed by atoms with Gasteiger partial charge >= 0.3 is 5.97 Å². The lowest BCUT2D eigenvalue weighted by Crippen LogP contribution is -2.05. The summed E-state index contributed by atoms with van der Waals surface area (Å²) in [7, 11) is 1.55. The second-order valence-electron chi connectivity index (χ2n) is 5.34. The first kappa shape index (κ1) is 17.2. The van der Waals surface area contributed by atoms with Crippen LogP contribution in [-0.4, -0.2) is 27.8 Å². The minimum absolute atomic E-state index is 0.0163. The average Bonchev–Trinajstić information content (AvgIpc) is 3.16. The van der Waals surface area contributed by atoms with E-state index in [1.54, 1.807) is 25.3 Å². The molecule has 1 aromatic heterocycles. The predicted molar refractivity (Wildman–Crippen MR) is 92.3 cm³/mol. The number of rotatable bonds is 6. The molecule has 3 rings (SSSR count). The van der Waals surface area contributed by atoms with E-state index < -0.39 is 10.9 Å². The SMILES string of the molecule is COc1ccccc1COC(=O)c1cnn(-c2ccc([N+](=O)[O-])cc2)c1. The van der Waals surface area contributed by atoms with Gasteiger partial charge in [-0.1, -0.05) is 18.2 Å². The zero-order valence-electron chi connectivity index (χ0n) is 13.9. The van der Waals surface area contributed by atoms with Gasteiger partial charge in [-0.25, -0.2) is 9.48 Å². The zero-order valence-corrected chi connectivity index (χ0v) is 13.9. The van der Waals surface area contributed by atoms with Crippen molar-refractivity contribution in [1.29, 1.82) is 0 Å². The highest BCUT2D eigenvalue weighted by atomic mass is 16.6. The normalized spacial score (nSPS) is 10.3. The number of non-ortho nitro benzene ring substituents is 1. The molecule has 132 valence electrons. The van der Waals surface area contributed by atoms with Crippen LogP contribution in [0.4, 0.5) is 5.69 Å². The van der Waals surface area contributed by atoms with Crippen molar-refractivity contribution in [3.05, 3.63) is 82.2 Å². The number of nitro groups is 1. The summed E-state index contributed by atoms with van der Waals surface area (Å²) in [6, 6.07) is 13.1. The molecule has 8 heteroatoms. The maximum Gasteiger partial charge on any atom is 0.341 e. The molecule has 0 aliphatic carbocycles. The van der Waals surface area contributed by atoms with Crippen molar-refractivity contribution in [2.45, 2.75) is 6.61 Å². The Bertz CT molecular complexity index is 934. The van der Waals surface area contributed by atoms with Crippen molar-refractivity contribution in [1.82, 2.24) is 9.78 Å². The van der Waals surface area contributed by atoms with Gasteiger partial charge in [0.2, 0.25) is 0 Å². The third-order valence-electron chi connectivity index (χ3n) is 3.69.